The molecule has 1 aliphatic heterocycles. The predicted molar refractivity (Wildman–Crippen MR) is 74.2 cm³/mol. The van der Waals surface area contributed by atoms with E-state index in [1.54, 1.807) is 0 Å². The molecule has 17 heavy (non-hydrogen) atoms. The van der Waals surface area contributed by atoms with E-state index in [1.807, 2.05) is 0 Å². The summed E-state index contributed by atoms with van der Waals surface area (Å²) in [6.07, 6.45) is 5.48. The van der Waals surface area contributed by atoms with Gasteiger partial charge in [0.05, 0.1) is 0 Å². The van der Waals surface area contributed by atoms with E-state index in [0.29, 0.717) is 12.1 Å². The first-order chi connectivity index (χ1) is 8.08. The summed E-state index contributed by atoms with van der Waals surface area (Å²) in [5, 5.41) is 3.69. The summed E-state index contributed by atoms with van der Waals surface area (Å²) in [6, 6.07) is 2.23. The van der Waals surface area contributed by atoms with Crippen molar-refractivity contribution in [2.75, 3.05) is 13.1 Å². The number of hydrogen-bond acceptors (Lipinski definition) is 2. The Hall–Kier alpha value is -0.0800. The number of nitrogens with one attached hydrogen (secondary N) is 1. The lowest BCUT2D eigenvalue weighted by molar-refractivity contribution is 0.131. The van der Waals surface area contributed by atoms with Gasteiger partial charge in [-0.25, -0.2) is 0 Å². The predicted octanol–water partition coefficient (Wildman–Crippen LogP) is 2.88. The molecule has 1 N–H and O–H groups in total. The second kappa shape index (κ2) is 5.71. The van der Waals surface area contributed by atoms with Crippen LogP contribution < -0.4 is 5.32 Å². The molecule has 5 unspecified atom stereocenters. The van der Waals surface area contributed by atoms with Crippen LogP contribution in [0.5, 0.6) is 0 Å². The lowest BCUT2D eigenvalue weighted by Gasteiger charge is -2.37. The number of rotatable bonds is 1. The van der Waals surface area contributed by atoms with Crippen LogP contribution in [0.1, 0.15) is 53.4 Å². The highest BCUT2D eigenvalue weighted by atomic mass is 15.2. The van der Waals surface area contributed by atoms with Crippen molar-refractivity contribution in [3.05, 3.63) is 0 Å². The molecular weight excluding hydrogens is 208 g/mol. The zero-order valence-corrected chi connectivity index (χ0v) is 12.1. The monoisotopic (exact) mass is 238 g/mol. The Labute approximate surface area is 107 Å². The molecule has 0 bridgehead atoms. The van der Waals surface area contributed by atoms with Crippen molar-refractivity contribution in [2.45, 2.75) is 71.5 Å². The van der Waals surface area contributed by atoms with Gasteiger partial charge >= 0.3 is 0 Å². The lowest BCUT2D eigenvalue weighted by Crippen LogP contribution is -2.47. The van der Waals surface area contributed by atoms with E-state index in [9.17, 15) is 0 Å². The van der Waals surface area contributed by atoms with E-state index in [-0.39, 0.29) is 0 Å². The first kappa shape index (κ1) is 13.4. The van der Waals surface area contributed by atoms with Gasteiger partial charge in [-0.1, -0.05) is 13.8 Å². The molecule has 1 saturated carbocycles. The molecule has 2 aliphatic rings. The molecule has 1 saturated heterocycles. The second-order valence-corrected chi connectivity index (χ2v) is 6.56. The number of hydrogen-bond donors (Lipinski definition) is 1. The van der Waals surface area contributed by atoms with Crippen LogP contribution in [0.4, 0.5) is 0 Å². The largest absolute Gasteiger partial charge is 0.312 e. The molecule has 1 heterocycles. The first-order valence-electron chi connectivity index (χ1n) is 7.58. The molecule has 100 valence electrons. The van der Waals surface area contributed by atoms with Crippen LogP contribution in [-0.4, -0.2) is 36.1 Å². The van der Waals surface area contributed by atoms with Crippen LogP contribution in [0.15, 0.2) is 0 Å². The smallest absolute Gasteiger partial charge is 0.0123 e. The normalized spacial score (nSPS) is 45.5. The van der Waals surface area contributed by atoms with E-state index < -0.39 is 0 Å². The van der Waals surface area contributed by atoms with Crippen molar-refractivity contribution in [3.8, 4) is 0 Å². The van der Waals surface area contributed by atoms with Crippen LogP contribution in [0.2, 0.25) is 0 Å². The zero-order valence-electron chi connectivity index (χ0n) is 12.1. The summed E-state index contributed by atoms with van der Waals surface area (Å²) in [7, 11) is 0. The molecule has 0 aromatic rings. The van der Waals surface area contributed by atoms with Gasteiger partial charge in [-0.3, -0.25) is 4.90 Å². The Morgan fingerprint density at radius 1 is 0.824 bits per heavy atom. The minimum atomic E-state index is 0.682. The summed E-state index contributed by atoms with van der Waals surface area (Å²) in [5.41, 5.74) is 0. The van der Waals surface area contributed by atoms with E-state index in [2.05, 4.69) is 37.9 Å². The van der Waals surface area contributed by atoms with Crippen LogP contribution >= 0.6 is 0 Å². The molecule has 2 rings (SSSR count). The summed E-state index contributed by atoms with van der Waals surface area (Å²) < 4.78 is 0. The van der Waals surface area contributed by atoms with Gasteiger partial charge in [0.25, 0.3) is 0 Å². The molecule has 5 atom stereocenters. The number of nitrogens with zero attached hydrogens (tertiary/aromatic N) is 1. The van der Waals surface area contributed by atoms with Crippen LogP contribution in [-0.2, 0) is 0 Å². The minimum Gasteiger partial charge on any atom is -0.312 e. The highest BCUT2D eigenvalue weighted by Gasteiger charge is 2.34. The Morgan fingerprint density at radius 2 is 1.41 bits per heavy atom. The summed E-state index contributed by atoms with van der Waals surface area (Å²) >= 11 is 0. The van der Waals surface area contributed by atoms with E-state index in [0.717, 1.165) is 17.9 Å². The van der Waals surface area contributed by atoms with E-state index in [4.69, 9.17) is 0 Å². The van der Waals surface area contributed by atoms with Gasteiger partial charge < -0.3 is 5.32 Å². The van der Waals surface area contributed by atoms with Gasteiger partial charge in [-0.2, -0.15) is 0 Å². The Morgan fingerprint density at radius 3 is 1.88 bits per heavy atom. The maximum atomic E-state index is 3.69. The molecule has 2 heteroatoms. The van der Waals surface area contributed by atoms with E-state index >= 15 is 0 Å². The Balaban J connectivity index is 1.95. The summed E-state index contributed by atoms with van der Waals surface area (Å²) in [6.45, 7) is 12.2. The fraction of sp³-hybridized carbons (Fsp3) is 1.00. The fourth-order valence-electron chi connectivity index (χ4n) is 3.67. The van der Waals surface area contributed by atoms with Crippen molar-refractivity contribution < 1.29 is 0 Å². The maximum Gasteiger partial charge on any atom is 0.0123 e. The topological polar surface area (TPSA) is 15.3 Å². The van der Waals surface area contributed by atoms with Crippen LogP contribution in [0, 0.1) is 11.8 Å². The average Bonchev–Trinajstić information content (AvgIpc) is 2.58. The standard InChI is InChI=1S/C15H30N2/c1-11-5-6-15(14(11)4)17-9-7-12(2)16-13(3)8-10-17/h11-16H,5-10H2,1-4H3. The average molecular weight is 238 g/mol. The molecule has 0 aromatic carbocycles. The van der Waals surface area contributed by atoms with Crippen molar-refractivity contribution >= 4 is 0 Å². The first-order valence-corrected chi connectivity index (χ1v) is 7.58. The quantitative estimate of drug-likeness (QED) is 0.755. The minimum absolute atomic E-state index is 0.682. The third-order valence-corrected chi connectivity index (χ3v) is 5.16. The van der Waals surface area contributed by atoms with Gasteiger partial charge in [-0.15, -0.1) is 0 Å². The second-order valence-electron chi connectivity index (χ2n) is 6.56. The molecule has 0 amide bonds. The highest BCUT2D eigenvalue weighted by Crippen LogP contribution is 2.35. The van der Waals surface area contributed by atoms with Gasteiger partial charge in [0.1, 0.15) is 0 Å². The molecule has 0 radical (unpaired) electrons. The van der Waals surface area contributed by atoms with Gasteiger partial charge in [-0.05, 0) is 64.5 Å². The van der Waals surface area contributed by atoms with E-state index in [1.165, 1.54) is 38.8 Å². The van der Waals surface area contributed by atoms with Crippen molar-refractivity contribution in [1.29, 1.82) is 0 Å². The molecule has 0 spiro atoms. The summed E-state index contributed by atoms with van der Waals surface area (Å²) in [5.74, 6) is 1.83. The van der Waals surface area contributed by atoms with Crippen LogP contribution in [0.25, 0.3) is 0 Å². The third-order valence-electron chi connectivity index (χ3n) is 5.16. The molecule has 1 aliphatic carbocycles. The lowest BCUT2D eigenvalue weighted by atomic mass is 9.95. The van der Waals surface area contributed by atoms with Crippen molar-refractivity contribution in [2.24, 2.45) is 11.8 Å². The van der Waals surface area contributed by atoms with Crippen molar-refractivity contribution in [3.63, 3.8) is 0 Å². The molecule has 0 aromatic heterocycles. The fourth-order valence-corrected chi connectivity index (χ4v) is 3.67. The highest BCUT2D eigenvalue weighted by molar-refractivity contribution is 4.88. The third kappa shape index (κ3) is 3.23. The maximum absolute atomic E-state index is 3.69. The summed E-state index contributed by atoms with van der Waals surface area (Å²) in [4.78, 5) is 2.79. The van der Waals surface area contributed by atoms with Gasteiger partial charge in [0.2, 0.25) is 0 Å². The van der Waals surface area contributed by atoms with Gasteiger partial charge in [0.15, 0.2) is 0 Å². The molecule has 2 fully saturated rings. The Kier molecular flexibility index (Phi) is 4.48. The molecule has 2 nitrogen and oxygen atoms in total. The zero-order chi connectivity index (χ0) is 12.4. The SMILES string of the molecule is CC1CCN(C2CCC(C)C2C)CCC(C)N1. The van der Waals surface area contributed by atoms with Gasteiger partial charge in [0, 0.05) is 18.1 Å². The van der Waals surface area contributed by atoms with Crippen LogP contribution in [0.3, 0.4) is 0 Å². The molecular formula is C15H30N2. The van der Waals surface area contributed by atoms with Crippen molar-refractivity contribution in [1.82, 2.24) is 10.2 Å². The Bertz CT molecular complexity index is 229.